The molecule has 0 aliphatic carbocycles. The van der Waals surface area contributed by atoms with Gasteiger partial charge in [-0.3, -0.25) is 4.79 Å². The summed E-state index contributed by atoms with van der Waals surface area (Å²) in [5, 5.41) is 9.66. The van der Waals surface area contributed by atoms with E-state index in [0.717, 1.165) is 0 Å². The molecule has 48 valence electrons. The fourth-order valence-corrected chi connectivity index (χ4v) is 1.30. The van der Waals surface area contributed by atoms with E-state index in [-0.39, 0.29) is 17.1 Å². The topological polar surface area (TPSA) is 54.4 Å². The molecule has 0 aromatic carbocycles. The summed E-state index contributed by atoms with van der Waals surface area (Å²) in [4.78, 5) is 20.7. The molecule has 0 bridgehead atoms. The fourth-order valence-electron chi connectivity index (χ4n) is 0.514. The van der Waals surface area contributed by atoms with E-state index < -0.39 is 5.97 Å². The molecule has 0 atom stereocenters. The largest absolute Gasteiger partial charge is 0.478 e. The highest BCUT2D eigenvalue weighted by atomic mass is 32.2. The van der Waals surface area contributed by atoms with Gasteiger partial charge in [0, 0.05) is 0 Å². The third-order valence-electron chi connectivity index (χ3n) is 0.946. The van der Waals surface area contributed by atoms with Crippen LogP contribution in [0.1, 0.15) is 0 Å². The average molecular weight is 144 g/mol. The average Bonchev–Trinajstić information content (AvgIpc) is 2.13. The van der Waals surface area contributed by atoms with Gasteiger partial charge < -0.3 is 5.11 Å². The highest BCUT2D eigenvalue weighted by molar-refractivity contribution is 8.03. The van der Waals surface area contributed by atoms with E-state index in [4.69, 9.17) is 5.11 Å². The van der Waals surface area contributed by atoms with Crippen LogP contribution in [0.4, 0.5) is 0 Å². The standard InChI is InChI=1S/C5H4O3S/c6-4-2-9-1-3(4)5(7)8/h1H,2H2,(H,7,8). The molecule has 9 heavy (non-hydrogen) atoms. The Morgan fingerprint density at radius 3 is 2.67 bits per heavy atom. The molecular weight excluding hydrogens is 140 g/mol. The molecule has 3 nitrogen and oxygen atoms in total. The summed E-state index contributed by atoms with van der Waals surface area (Å²) in [5.74, 6) is -1.13. The molecule has 0 aromatic heterocycles. The van der Waals surface area contributed by atoms with Crippen LogP contribution < -0.4 is 0 Å². The highest BCUT2D eigenvalue weighted by Gasteiger charge is 2.21. The Morgan fingerprint density at radius 2 is 2.44 bits per heavy atom. The van der Waals surface area contributed by atoms with Crippen LogP contribution >= 0.6 is 11.8 Å². The fraction of sp³-hybridized carbons (Fsp3) is 0.200. The molecule has 0 amide bonds. The molecule has 0 aromatic rings. The quantitative estimate of drug-likeness (QED) is 0.537. The summed E-state index contributed by atoms with van der Waals surface area (Å²) in [6.07, 6.45) is 0. The van der Waals surface area contributed by atoms with Crippen molar-refractivity contribution in [1.82, 2.24) is 0 Å². The van der Waals surface area contributed by atoms with E-state index in [0.29, 0.717) is 0 Å². The summed E-state index contributed by atoms with van der Waals surface area (Å²) in [6.45, 7) is 0. The normalized spacial score (nSPS) is 17.8. The molecule has 1 N–H and O–H groups in total. The molecule has 1 aliphatic rings. The number of aliphatic carboxylic acids is 1. The Labute approximate surface area is 55.7 Å². The number of hydrogen-bond acceptors (Lipinski definition) is 3. The summed E-state index contributed by atoms with van der Waals surface area (Å²) in [7, 11) is 0. The summed E-state index contributed by atoms with van der Waals surface area (Å²) in [5.41, 5.74) is -0.0833. The zero-order valence-corrected chi connectivity index (χ0v) is 5.27. The lowest BCUT2D eigenvalue weighted by Crippen LogP contribution is -2.09. The van der Waals surface area contributed by atoms with E-state index in [9.17, 15) is 9.59 Å². The number of rotatable bonds is 1. The smallest absolute Gasteiger partial charge is 0.339 e. The monoisotopic (exact) mass is 144 g/mol. The van der Waals surface area contributed by atoms with E-state index in [2.05, 4.69) is 0 Å². The molecule has 0 radical (unpaired) electrons. The van der Waals surface area contributed by atoms with Crippen LogP contribution in [0, 0.1) is 0 Å². The number of thioether (sulfide) groups is 1. The lowest BCUT2D eigenvalue weighted by atomic mass is 10.2. The van der Waals surface area contributed by atoms with Gasteiger partial charge in [0.05, 0.1) is 5.75 Å². The van der Waals surface area contributed by atoms with Crippen LogP contribution in [-0.4, -0.2) is 22.6 Å². The van der Waals surface area contributed by atoms with Crippen LogP contribution in [0.3, 0.4) is 0 Å². The molecule has 1 rings (SSSR count). The van der Waals surface area contributed by atoms with Gasteiger partial charge in [-0.05, 0) is 5.41 Å². The van der Waals surface area contributed by atoms with Crippen LogP contribution in [-0.2, 0) is 9.59 Å². The molecule has 0 saturated heterocycles. The van der Waals surface area contributed by atoms with Gasteiger partial charge >= 0.3 is 5.97 Å². The van der Waals surface area contributed by atoms with Gasteiger partial charge in [0.1, 0.15) is 5.57 Å². The van der Waals surface area contributed by atoms with Crippen molar-refractivity contribution in [3.63, 3.8) is 0 Å². The van der Waals surface area contributed by atoms with E-state index >= 15 is 0 Å². The van der Waals surface area contributed by atoms with E-state index in [1.807, 2.05) is 0 Å². The number of hydrogen-bond donors (Lipinski definition) is 1. The molecule has 4 heteroatoms. The second-order valence-corrected chi connectivity index (χ2v) is 2.43. The van der Waals surface area contributed by atoms with Crippen molar-refractivity contribution in [3.8, 4) is 0 Å². The maximum Gasteiger partial charge on any atom is 0.339 e. The van der Waals surface area contributed by atoms with Crippen molar-refractivity contribution < 1.29 is 14.7 Å². The predicted octanol–water partition coefficient (Wildman–Crippen LogP) is 0.271. The number of carboxylic acids is 1. The lowest BCUT2D eigenvalue weighted by Gasteiger charge is -1.86. The molecule has 0 spiro atoms. The van der Waals surface area contributed by atoms with E-state index in [1.54, 1.807) is 0 Å². The Kier molecular flexibility index (Phi) is 1.57. The minimum atomic E-state index is -1.12. The van der Waals surface area contributed by atoms with Crippen molar-refractivity contribution in [2.24, 2.45) is 0 Å². The third kappa shape index (κ3) is 1.13. The maximum atomic E-state index is 10.5. The van der Waals surface area contributed by atoms with Gasteiger partial charge in [-0.1, -0.05) is 0 Å². The molecule has 0 saturated carbocycles. The number of carbonyl (C=O) groups is 2. The predicted molar refractivity (Wildman–Crippen MR) is 33.2 cm³/mol. The summed E-state index contributed by atoms with van der Waals surface area (Å²) in [6, 6.07) is 0. The minimum Gasteiger partial charge on any atom is -0.478 e. The lowest BCUT2D eigenvalue weighted by molar-refractivity contribution is -0.134. The molecular formula is C5H4O3S. The van der Waals surface area contributed by atoms with Crippen LogP contribution in [0.15, 0.2) is 11.0 Å². The maximum absolute atomic E-state index is 10.5. The van der Waals surface area contributed by atoms with Crippen molar-refractivity contribution in [3.05, 3.63) is 11.0 Å². The first kappa shape index (κ1) is 6.35. The Morgan fingerprint density at radius 1 is 1.78 bits per heavy atom. The summed E-state index contributed by atoms with van der Waals surface area (Å²) < 4.78 is 0. The summed E-state index contributed by atoms with van der Waals surface area (Å²) >= 11 is 1.23. The van der Waals surface area contributed by atoms with Crippen molar-refractivity contribution in [2.45, 2.75) is 0 Å². The first-order valence-corrected chi connectivity index (χ1v) is 3.35. The SMILES string of the molecule is O=C(O)C1=CSCC1=O. The minimum absolute atomic E-state index is 0.0833. The van der Waals surface area contributed by atoms with Gasteiger partial charge in [-0.15, -0.1) is 11.8 Å². The number of carboxylic acid groups (broad SMARTS) is 1. The van der Waals surface area contributed by atoms with Gasteiger partial charge in [0.25, 0.3) is 0 Å². The molecule has 0 unspecified atom stereocenters. The molecule has 1 aliphatic heterocycles. The first-order chi connectivity index (χ1) is 4.22. The van der Waals surface area contributed by atoms with E-state index in [1.165, 1.54) is 17.2 Å². The van der Waals surface area contributed by atoms with Crippen molar-refractivity contribution in [1.29, 1.82) is 0 Å². The number of ketones is 1. The second kappa shape index (κ2) is 2.23. The molecule has 1 heterocycles. The Balaban J connectivity index is 2.80. The Bertz CT molecular complexity index is 194. The van der Waals surface area contributed by atoms with Gasteiger partial charge in [0.15, 0.2) is 5.78 Å². The van der Waals surface area contributed by atoms with Gasteiger partial charge in [-0.2, -0.15) is 0 Å². The third-order valence-corrected chi connectivity index (χ3v) is 1.78. The molecule has 0 fully saturated rings. The highest BCUT2D eigenvalue weighted by Crippen LogP contribution is 2.17. The first-order valence-electron chi connectivity index (χ1n) is 2.30. The number of Topliss-reactive ketones (excluding diaryl/α,β-unsaturated/α-hetero) is 1. The zero-order valence-electron chi connectivity index (χ0n) is 4.46. The van der Waals surface area contributed by atoms with Crippen molar-refractivity contribution >= 4 is 23.5 Å². The van der Waals surface area contributed by atoms with Crippen LogP contribution in [0.2, 0.25) is 0 Å². The zero-order chi connectivity index (χ0) is 6.85. The van der Waals surface area contributed by atoms with Crippen LogP contribution in [0.25, 0.3) is 0 Å². The van der Waals surface area contributed by atoms with Gasteiger partial charge in [-0.25, -0.2) is 4.79 Å². The van der Waals surface area contributed by atoms with Crippen LogP contribution in [0.5, 0.6) is 0 Å². The van der Waals surface area contributed by atoms with Gasteiger partial charge in [0.2, 0.25) is 0 Å². The van der Waals surface area contributed by atoms with Crippen molar-refractivity contribution in [2.75, 3.05) is 5.75 Å². The Hall–Kier alpha value is -0.770. The number of carbonyl (C=O) groups excluding carboxylic acids is 1. The second-order valence-electron chi connectivity index (χ2n) is 1.57.